The Bertz CT molecular complexity index is 990. The van der Waals surface area contributed by atoms with E-state index in [4.69, 9.17) is 28.4 Å². The summed E-state index contributed by atoms with van der Waals surface area (Å²) in [5, 5.41) is 0. The van der Waals surface area contributed by atoms with Gasteiger partial charge in [0.2, 0.25) is 0 Å². The molecule has 4 rings (SSSR count). The fourth-order valence-corrected chi connectivity index (χ4v) is 3.89. The second kappa shape index (κ2) is 10.5. The highest BCUT2D eigenvalue weighted by molar-refractivity contribution is 5.90. The molecule has 2 aliphatic heterocycles. The summed E-state index contributed by atoms with van der Waals surface area (Å²) in [6.07, 6.45) is -2.97. The van der Waals surface area contributed by atoms with Crippen molar-refractivity contribution in [3.05, 3.63) is 84.4 Å². The van der Waals surface area contributed by atoms with Gasteiger partial charge in [-0.25, -0.2) is 9.59 Å². The van der Waals surface area contributed by atoms with Gasteiger partial charge < -0.3 is 28.4 Å². The predicted octanol–water partition coefficient (Wildman–Crippen LogP) is 3.52. The highest BCUT2D eigenvalue weighted by Crippen LogP contribution is 2.36. The topological polar surface area (TPSA) is 89.5 Å². The monoisotopic (exact) mass is 468 g/mol. The first-order valence-corrected chi connectivity index (χ1v) is 11.1. The first-order valence-electron chi connectivity index (χ1n) is 11.1. The molecule has 2 heterocycles. The van der Waals surface area contributed by atoms with Crippen molar-refractivity contribution in [1.82, 2.24) is 0 Å². The van der Waals surface area contributed by atoms with Crippen LogP contribution < -0.4 is 0 Å². The Hall–Kier alpha value is -3.04. The molecule has 0 amide bonds. The molecule has 2 aliphatic rings. The molecule has 8 nitrogen and oxygen atoms in total. The number of fused-ring (bicyclic) bond motifs is 1. The summed E-state index contributed by atoms with van der Waals surface area (Å²) in [6.45, 7) is 7.49. The molecular weight excluding hydrogens is 440 g/mol. The molecule has 0 radical (unpaired) electrons. The van der Waals surface area contributed by atoms with Gasteiger partial charge in [0.15, 0.2) is 24.3 Å². The summed E-state index contributed by atoms with van der Waals surface area (Å²) in [5.41, 5.74) is 0.696. The van der Waals surface area contributed by atoms with Crippen molar-refractivity contribution in [2.24, 2.45) is 0 Å². The van der Waals surface area contributed by atoms with Crippen LogP contribution in [0.5, 0.6) is 0 Å². The fourth-order valence-electron chi connectivity index (χ4n) is 3.89. The maximum atomic E-state index is 13.0. The highest BCUT2D eigenvalue weighted by atomic mass is 16.8. The lowest BCUT2D eigenvalue weighted by atomic mass is 9.96. The Morgan fingerprint density at radius 2 is 1.53 bits per heavy atom. The minimum atomic E-state index is -1.10. The molecule has 0 aromatic heterocycles. The summed E-state index contributed by atoms with van der Waals surface area (Å²) in [4.78, 5) is 26.0. The summed E-state index contributed by atoms with van der Waals surface area (Å²) >= 11 is 0. The van der Waals surface area contributed by atoms with Gasteiger partial charge in [0.05, 0.1) is 24.3 Å². The quantitative estimate of drug-likeness (QED) is 0.451. The van der Waals surface area contributed by atoms with Crippen LogP contribution in [0.1, 0.15) is 34.6 Å². The van der Waals surface area contributed by atoms with Crippen molar-refractivity contribution in [3.63, 3.8) is 0 Å². The summed E-state index contributed by atoms with van der Waals surface area (Å²) in [5.74, 6) is -2.14. The average molecular weight is 469 g/mol. The predicted molar refractivity (Wildman–Crippen MR) is 121 cm³/mol. The number of benzene rings is 2. The van der Waals surface area contributed by atoms with E-state index >= 15 is 0 Å². The van der Waals surface area contributed by atoms with E-state index in [2.05, 4.69) is 6.58 Å². The highest BCUT2D eigenvalue weighted by Gasteiger charge is 2.55. The van der Waals surface area contributed by atoms with Crippen molar-refractivity contribution in [2.45, 2.75) is 50.3 Å². The van der Waals surface area contributed by atoms with Gasteiger partial charge in [0, 0.05) is 0 Å². The number of carbonyl (C=O) groups excluding carboxylic acids is 2. The smallest absolute Gasteiger partial charge is 0.338 e. The summed E-state index contributed by atoms with van der Waals surface area (Å²) < 4.78 is 35.4. The van der Waals surface area contributed by atoms with Crippen molar-refractivity contribution in [2.75, 3.05) is 13.2 Å². The first-order chi connectivity index (χ1) is 16.4. The zero-order valence-corrected chi connectivity index (χ0v) is 19.1. The van der Waals surface area contributed by atoms with Crippen molar-refractivity contribution < 1.29 is 38.0 Å². The van der Waals surface area contributed by atoms with Crippen molar-refractivity contribution in [1.29, 1.82) is 0 Å². The second-order valence-electron chi connectivity index (χ2n) is 8.43. The third-order valence-corrected chi connectivity index (χ3v) is 5.49. The van der Waals surface area contributed by atoms with Crippen LogP contribution in [0.25, 0.3) is 0 Å². The number of hydrogen-bond donors (Lipinski definition) is 0. The molecular formula is C26H28O8. The third-order valence-electron chi connectivity index (χ3n) is 5.49. The lowest BCUT2D eigenvalue weighted by Gasteiger charge is -2.50. The normalized spacial score (nSPS) is 27.8. The Morgan fingerprint density at radius 1 is 0.971 bits per heavy atom. The maximum absolute atomic E-state index is 13.0. The van der Waals surface area contributed by atoms with Crippen LogP contribution in [-0.2, 0) is 28.4 Å². The number of ether oxygens (including phenoxy) is 6. The van der Waals surface area contributed by atoms with E-state index in [1.807, 2.05) is 0 Å². The van der Waals surface area contributed by atoms with E-state index < -0.39 is 48.4 Å². The van der Waals surface area contributed by atoms with E-state index in [1.165, 1.54) is 0 Å². The minimum absolute atomic E-state index is 0.133. The molecule has 8 heteroatoms. The summed E-state index contributed by atoms with van der Waals surface area (Å²) in [7, 11) is 0. The lowest BCUT2D eigenvalue weighted by molar-refractivity contribution is -0.379. The van der Waals surface area contributed by atoms with Crippen molar-refractivity contribution in [3.8, 4) is 0 Å². The second-order valence-corrected chi connectivity index (χ2v) is 8.43. The molecule has 0 unspecified atom stereocenters. The third kappa shape index (κ3) is 5.53. The van der Waals surface area contributed by atoms with Gasteiger partial charge in [-0.05, 0) is 38.1 Å². The van der Waals surface area contributed by atoms with Gasteiger partial charge in [0.1, 0.15) is 12.2 Å². The molecule has 0 spiro atoms. The average Bonchev–Trinajstić information content (AvgIpc) is 2.85. The van der Waals surface area contributed by atoms with Crippen LogP contribution in [0.15, 0.2) is 73.3 Å². The molecule has 0 aliphatic carbocycles. The molecule has 2 fully saturated rings. The minimum Gasteiger partial charge on any atom is -0.452 e. The first kappa shape index (κ1) is 24.1. The van der Waals surface area contributed by atoms with Crippen LogP contribution in [-0.4, -0.2) is 61.6 Å². The molecule has 0 saturated carbocycles. The molecule has 2 aromatic carbocycles. The Morgan fingerprint density at radius 3 is 2.09 bits per heavy atom. The van der Waals surface area contributed by atoms with Crippen LogP contribution in [0.3, 0.4) is 0 Å². The van der Waals surface area contributed by atoms with Gasteiger partial charge >= 0.3 is 11.9 Å². The largest absolute Gasteiger partial charge is 0.452 e. The molecule has 34 heavy (non-hydrogen) atoms. The van der Waals surface area contributed by atoms with Gasteiger partial charge in [-0.15, -0.1) is 6.58 Å². The Kier molecular flexibility index (Phi) is 7.43. The van der Waals surface area contributed by atoms with E-state index in [1.54, 1.807) is 80.6 Å². The maximum Gasteiger partial charge on any atom is 0.338 e. The van der Waals surface area contributed by atoms with E-state index in [0.717, 1.165) is 0 Å². The Balaban J connectivity index is 1.67. The summed E-state index contributed by atoms with van der Waals surface area (Å²) in [6, 6.07) is 17.1. The standard InChI is InChI=1S/C26H28O8/c1-4-15-29-25-22(33-24(28)18-13-9-6-10-14-18)21(32-23(27)17-11-7-5-8-12-17)20-19(31-25)16-30-26(2,3)34-20/h4-14,19-22,25H,1,15-16H2,2-3H3/t19-,20+,21-,22+,25-/m0/s1. The SMILES string of the molecule is C=CCO[C@H]1O[C@H]2COC(C)(C)O[C@H]2[C@H](OC(=O)c2ccccc2)[C@H]1OC(=O)c1ccccc1. The van der Waals surface area contributed by atoms with Gasteiger partial charge in [-0.1, -0.05) is 42.5 Å². The van der Waals surface area contributed by atoms with Crippen LogP contribution in [0.4, 0.5) is 0 Å². The van der Waals surface area contributed by atoms with E-state index in [-0.39, 0.29) is 13.2 Å². The fraction of sp³-hybridized carbons (Fsp3) is 0.385. The van der Waals surface area contributed by atoms with Gasteiger partial charge in [0.25, 0.3) is 0 Å². The molecule has 2 aromatic rings. The molecule has 2 saturated heterocycles. The zero-order valence-electron chi connectivity index (χ0n) is 19.1. The van der Waals surface area contributed by atoms with Crippen LogP contribution in [0.2, 0.25) is 0 Å². The Labute approximate surface area is 198 Å². The molecule has 5 atom stereocenters. The number of esters is 2. The van der Waals surface area contributed by atoms with Crippen LogP contribution in [0, 0.1) is 0 Å². The van der Waals surface area contributed by atoms with Gasteiger partial charge in [-0.3, -0.25) is 0 Å². The molecule has 180 valence electrons. The van der Waals surface area contributed by atoms with Gasteiger partial charge in [-0.2, -0.15) is 0 Å². The molecule has 0 N–H and O–H groups in total. The van der Waals surface area contributed by atoms with E-state index in [0.29, 0.717) is 11.1 Å². The van der Waals surface area contributed by atoms with E-state index in [9.17, 15) is 9.59 Å². The zero-order chi connectivity index (χ0) is 24.1. The number of hydrogen-bond acceptors (Lipinski definition) is 8. The molecule has 0 bridgehead atoms. The lowest BCUT2D eigenvalue weighted by Crippen LogP contribution is -2.66. The number of carbonyl (C=O) groups is 2. The van der Waals surface area contributed by atoms with Crippen molar-refractivity contribution >= 4 is 11.9 Å². The van der Waals surface area contributed by atoms with Crippen LogP contribution >= 0.6 is 0 Å². The number of rotatable bonds is 7.